The van der Waals surface area contributed by atoms with E-state index >= 15 is 0 Å². The molecule has 1 heterocycles. The Hall–Kier alpha value is -1.52. The first-order valence-corrected chi connectivity index (χ1v) is 5.59. The Bertz CT molecular complexity index is 505. The molecule has 0 fully saturated rings. The van der Waals surface area contributed by atoms with Gasteiger partial charge in [-0.1, -0.05) is 29.8 Å². The Morgan fingerprint density at radius 1 is 1.41 bits per heavy atom. The molecule has 2 aromatic rings. The quantitative estimate of drug-likeness (QED) is 0.909. The van der Waals surface area contributed by atoms with E-state index < -0.39 is 0 Å². The lowest BCUT2D eigenvalue weighted by atomic mass is 10.0. The summed E-state index contributed by atoms with van der Waals surface area (Å²) in [5.74, 6) is 0.747. The topological polar surface area (TPSA) is 53.1 Å². The predicted octanol–water partition coefficient (Wildman–Crippen LogP) is 2.13. The zero-order valence-electron chi connectivity index (χ0n) is 9.72. The third-order valence-electron chi connectivity index (χ3n) is 2.71. The molecule has 1 atom stereocenters. The molecular formula is C12H14ClN3O. The molecule has 0 saturated carbocycles. The van der Waals surface area contributed by atoms with Gasteiger partial charge in [0.15, 0.2) is 0 Å². The first-order valence-electron chi connectivity index (χ1n) is 5.21. The van der Waals surface area contributed by atoms with Gasteiger partial charge >= 0.3 is 0 Å². The molecule has 0 spiro atoms. The number of aryl methyl sites for hydroxylation is 1. The molecule has 0 bridgehead atoms. The van der Waals surface area contributed by atoms with E-state index in [-0.39, 0.29) is 6.04 Å². The van der Waals surface area contributed by atoms with Gasteiger partial charge in [-0.25, -0.2) is 0 Å². The lowest BCUT2D eigenvalue weighted by molar-refractivity contribution is 0.407. The molecule has 1 aromatic carbocycles. The summed E-state index contributed by atoms with van der Waals surface area (Å²) in [6, 6.07) is 7.26. The molecule has 2 rings (SSSR count). The highest BCUT2D eigenvalue weighted by Gasteiger charge is 2.19. The van der Waals surface area contributed by atoms with E-state index in [2.05, 4.69) is 5.10 Å². The second kappa shape index (κ2) is 4.77. The van der Waals surface area contributed by atoms with Gasteiger partial charge in [0.05, 0.1) is 30.1 Å². The molecule has 4 nitrogen and oxygen atoms in total. The maximum atomic E-state index is 6.21. The van der Waals surface area contributed by atoms with E-state index in [1.54, 1.807) is 18.0 Å². The molecule has 0 aliphatic rings. The van der Waals surface area contributed by atoms with E-state index in [0.717, 1.165) is 17.0 Å². The minimum atomic E-state index is -0.355. The first-order chi connectivity index (χ1) is 8.15. The fourth-order valence-electron chi connectivity index (χ4n) is 1.84. The number of para-hydroxylation sites is 1. The molecular weight excluding hydrogens is 238 g/mol. The van der Waals surface area contributed by atoms with E-state index in [9.17, 15) is 0 Å². The molecule has 1 unspecified atom stereocenters. The summed E-state index contributed by atoms with van der Waals surface area (Å²) in [5, 5.41) is 4.64. The van der Waals surface area contributed by atoms with Crippen molar-refractivity contribution in [1.29, 1.82) is 0 Å². The molecule has 0 amide bonds. The SMILES string of the molecule is COc1ccccc1C(N)c1c(Cl)cnn1C. The van der Waals surface area contributed by atoms with Crippen LogP contribution in [-0.4, -0.2) is 16.9 Å². The second-order valence-corrected chi connectivity index (χ2v) is 4.13. The number of methoxy groups -OCH3 is 1. The van der Waals surface area contributed by atoms with Gasteiger partial charge in [-0.3, -0.25) is 4.68 Å². The summed E-state index contributed by atoms with van der Waals surface area (Å²) in [7, 11) is 3.44. The molecule has 0 aliphatic carbocycles. The summed E-state index contributed by atoms with van der Waals surface area (Å²) in [6.07, 6.45) is 1.59. The normalized spacial score (nSPS) is 12.5. The molecule has 0 aliphatic heterocycles. The summed E-state index contributed by atoms with van der Waals surface area (Å²) >= 11 is 6.08. The van der Waals surface area contributed by atoms with Crippen molar-refractivity contribution >= 4 is 11.6 Å². The van der Waals surface area contributed by atoms with Gasteiger partial charge in [0, 0.05) is 12.6 Å². The van der Waals surface area contributed by atoms with E-state index in [0.29, 0.717) is 5.02 Å². The fraction of sp³-hybridized carbons (Fsp3) is 0.250. The highest BCUT2D eigenvalue weighted by molar-refractivity contribution is 6.31. The van der Waals surface area contributed by atoms with Gasteiger partial charge in [0.2, 0.25) is 0 Å². The van der Waals surface area contributed by atoms with E-state index in [1.165, 1.54) is 0 Å². The van der Waals surface area contributed by atoms with Gasteiger partial charge in [0.1, 0.15) is 5.75 Å². The number of aromatic nitrogens is 2. The Morgan fingerprint density at radius 3 is 2.71 bits per heavy atom. The maximum Gasteiger partial charge on any atom is 0.124 e. The molecule has 2 N–H and O–H groups in total. The van der Waals surface area contributed by atoms with Crippen molar-refractivity contribution in [3.8, 4) is 5.75 Å². The van der Waals surface area contributed by atoms with Crippen molar-refractivity contribution in [2.45, 2.75) is 6.04 Å². The van der Waals surface area contributed by atoms with Crippen LogP contribution in [0.4, 0.5) is 0 Å². The van der Waals surface area contributed by atoms with Crippen molar-refractivity contribution in [3.63, 3.8) is 0 Å². The highest BCUT2D eigenvalue weighted by atomic mass is 35.5. The zero-order chi connectivity index (χ0) is 12.4. The number of nitrogens with zero attached hydrogens (tertiary/aromatic N) is 2. The molecule has 5 heteroatoms. The third-order valence-corrected chi connectivity index (χ3v) is 3.00. The van der Waals surface area contributed by atoms with Crippen LogP contribution < -0.4 is 10.5 Å². The van der Waals surface area contributed by atoms with Crippen LogP contribution in [0.15, 0.2) is 30.5 Å². The van der Waals surface area contributed by atoms with Gasteiger partial charge in [0.25, 0.3) is 0 Å². The van der Waals surface area contributed by atoms with Gasteiger partial charge in [-0.05, 0) is 6.07 Å². The number of rotatable bonds is 3. The highest BCUT2D eigenvalue weighted by Crippen LogP contribution is 2.31. The number of nitrogens with two attached hydrogens (primary N) is 1. The average molecular weight is 252 g/mol. The summed E-state index contributed by atoms with van der Waals surface area (Å²) in [6.45, 7) is 0. The fourth-order valence-corrected chi connectivity index (χ4v) is 2.12. The van der Waals surface area contributed by atoms with Crippen LogP contribution in [0.5, 0.6) is 5.75 Å². The van der Waals surface area contributed by atoms with Crippen molar-refractivity contribution in [1.82, 2.24) is 9.78 Å². The monoisotopic (exact) mass is 251 g/mol. The predicted molar refractivity (Wildman–Crippen MR) is 67.2 cm³/mol. The largest absolute Gasteiger partial charge is 0.496 e. The minimum Gasteiger partial charge on any atom is -0.496 e. The van der Waals surface area contributed by atoms with Crippen LogP contribution in [-0.2, 0) is 7.05 Å². The zero-order valence-corrected chi connectivity index (χ0v) is 10.5. The number of hydrogen-bond donors (Lipinski definition) is 1. The summed E-state index contributed by atoms with van der Waals surface area (Å²) in [4.78, 5) is 0. The van der Waals surface area contributed by atoms with Crippen molar-refractivity contribution in [2.75, 3.05) is 7.11 Å². The van der Waals surface area contributed by atoms with Crippen LogP contribution in [0.2, 0.25) is 5.02 Å². The molecule has 17 heavy (non-hydrogen) atoms. The number of hydrogen-bond acceptors (Lipinski definition) is 3. The van der Waals surface area contributed by atoms with Gasteiger partial charge in [-0.2, -0.15) is 5.10 Å². The maximum absolute atomic E-state index is 6.21. The minimum absolute atomic E-state index is 0.355. The number of benzene rings is 1. The Balaban J connectivity index is 2.47. The van der Waals surface area contributed by atoms with Crippen molar-refractivity contribution in [2.24, 2.45) is 12.8 Å². The van der Waals surface area contributed by atoms with Crippen LogP contribution in [0.3, 0.4) is 0 Å². The standard InChI is InChI=1S/C12H14ClN3O/c1-16-12(9(13)7-15-16)11(14)8-5-3-4-6-10(8)17-2/h3-7,11H,14H2,1-2H3. The van der Waals surface area contributed by atoms with E-state index in [4.69, 9.17) is 22.1 Å². The van der Waals surface area contributed by atoms with Crippen LogP contribution in [0.25, 0.3) is 0 Å². The van der Waals surface area contributed by atoms with Crippen LogP contribution >= 0.6 is 11.6 Å². The molecule has 0 saturated heterocycles. The van der Waals surface area contributed by atoms with Crippen LogP contribution in [0.1, 0.15) is 17.3 Å². The van der Waals surface area contributed by atoms with Crippen molar-refractivity contribution in [3.05, 3.63) is 46.7 Å². The lowest BCUT2D eigenvalue weighted by Gasteiger charge is -2.16. The smallest absolute Gasteiger partial charge is 0.124 e. The first kappa shape index (κ1) is 12.0. The molecule has 0 radical (unpaired) electrons. The average Bonchev–Trinajstić information content (AvgIpc) is 2.68. The number of ether oxygens (including phenoxy) is 1. The second-order valence-electron chi connectivity index (χ2n) is 3.72. The Kier molecular flexibility index (Phi) is 3.36. The van der Waals surface area contributed by atoms with Crippen LogP contribution in [0, 0.1) is 0 Å². The Labute approximate surface area is 105 Å². The van der Waals surface area contributed by atoms with Crippen molar-refractivity contribution < 1.29 is 4.74 Å². The Morgan fingerprint density at radius 2 is 2.12 bits per heavy atom. The van der Waals surface area contributed by atoms with Gasteiger partial charge in [-0.15, -0.1) is 0 Å². The number of halogens is 1. The lowest BCUT2D eigenvalue weighted by Crippen LogP contribution is -2.17. The summed E-state index contributed by atoms with van der Waals surface area (Å²) in [5.41, 5.74) is 7.88. The molecule has 1 aromatic heterocycles. The van der Waals surface area contributed by atoms with Gasteiger partial charge < -0.3 is 10.5 Å². The molecule has 90 valence electrons. The summed E-state index contributed by atoms with van der Waals surface area (Å²) < 4.78 is 6.97. The van der Waals surface area contributed by atoms with E-state index in [1.807, 2.05) is 31.3 Å². The third kappa shape index (κ3) is 2.14.